The van der Waals surface area contributed by atoms with Gasteiger partial charge >= 0.3 is 0 Å². The molecule has 0 aliphatic carbocycles. The van der Waals surface area contributed by atoms with Crippen molar-refractivity contribution in [3.05, 3.63) is 65.2 Å². The van der Waals surface area contributed by atoms with Crippen LogP contribution in [0, 0.1) is 19.7 Å². The summed E-state index contributed by atoms with van der Waals surface area (Å²) in [5.41, 5.74) is 2.05. The summed E-state index contributed by atoms with van der Waals surface area (Å²) in [4.78, 5) is 12.2. The maximum absolute atomic E-state index is 13.6. The van der Waals surface area contributed by atoms with Crippen molar-refractivity contribution in [1.29, 1.82) is 0 Å². The van der Waals surface area contributed by atoms with Crippen molar-refractivity contribution < 1.29 is 9.18 Å². The average molecular weight is 311 g/mol. The molecule has 0 saturated heterocycles. The van der Waals surface area contributed by atoms with Gasteiger partial charge in [0.25, 0.3) is 5.91 Å². The van der Waals surface area contributed by atoms with Gasteiger partial charge in [0.15, 0.2) is 5.82 Å². The molecule has 0 unspecified atom stereocenters. The number of benzene rings is 2. The summed E-state index contributed by atoms with van der Waals surface area (Å²) in [6.07, 6.45) is 0. The van der Waals surface area contributed by atoms with E-state index >= 15 is 0 Å². The predicted octanol–water partition coefficient (Wildman–Crippen LogP) is 2.67. The highest BCUT2D eigenvalue weighted by Gasteiger charge is 2.10. The highest BCUT2D eigenvalue weighted by molar-refractivity contribution is 6.04. The molecule has 1 heterocycles. The van der Waals surface area contributed by atoms with Crippen molar-refractivity contribution in [1.82, 2.24) is 20.2 Å². The van der Waals surface area contributed by atoms with E-state index in [1.165, 1.54) is 6.07 Å². The van der Waals surface area contributed by atoms with E-state index in [9.17, 15) is 9.18 Å². The van der Waals surface area contributed by atoms with Gasteiger partial charge in [-0.3, -0.25) is 4.79 Å². The molecule has 1 N–H and O–H groups in total. The topological polar surface area (TPSA) is 72.7 Å². The largest absolute Gasteiger partial charge is 0.322 e. The number of nitrogens with one attached hydrogen (secondary N) is 1. The molecule has 0 radical (unpaired) electrons. The van der Waals surface area contributed by atoms with Crippen LogP contribution in [-0.4, -0.2) is 26.1 Å². The van der Waals surface area contributed by atoms with Gasteiger partial charge in [0.05, 0.1) is 5.69 Å². The Morgan fingerprint density at radius 2 is 2.00 bits per heavy atom. The molecule has 0 bridgehead atoms. The van der Waals surface area contributed by atoms with E-state index in [-0.39, 0.29) is 11.5 Å². The van der Waals surface area contributed by atoms with E-state index in [0.29, 0.717) is 17.1 Å². The number of amides is 1. The third kappa shape index (κ3) is 3.08. The summed E-state index contributed by atoms with van der Waals surface area (Å²) < 4.78 is 15.1. The van der Waals surface area contributed by atoms with E-state index in [2.05, 4.69) is 20.8 Å². The molecule has 23 heavy (non-hydrogen) atoms. The average Bonchev–Trinajstić information content (AvgIpc) is 2.96. The van der Waals surface area contributed by atoms with Crippen molar-refractivity contribution in [3.63, 3.8) is 0 Å². The number of anilines is 1. The second kappa shape index (κ2) is 5.96. The van der Waals surface area contributed by atoms with E-state index in [0.717, 1.165) is 5.69 Å². The zero-order chi connectivity index (χ0) is 16.4. The van der Waals surface area contributed by atoms with Crippen LogP contribution < -0.4 is 5.32 Å². The van der Waals surface area contributed by atoms with Gasteiger partial charge in [-0.1, -0.05) is 12.1 Å². The second-order valence-electron chi connectivity index (χ2n) is 5.11. The first-order valence-electron chi connectivity index (χ1n) is 6.97. The predicted molar refractivity (Wildman–Crippen MR) is 83.0 cm³/mol. The van der Waals surface area contributed by atoms with Gasteiger partial charge in [-0.2, -0.15) is 4.68 Å². The molecule has 0 fully saturated rings. The second-order valence-corrected chi connectivity index (χ2v) is 5.11. The van der Waals surface area contributed by atoms with Gasteiger partial charge < -0.3 is 5.32 Å². The Morgan fingerprint density at radius 1 is 1.17 bits per heavy atom. The Kier molecular flexibility index (Phi) is 3.84. The van der Waals surface area contributed by atoms with Crippen LogP contribution in [0.2, 0.25) is 0 Å². The normalized spacial score (nSPS) is 10.6. The lowest BCUT2D eigenvalue weighted by Crippen LogP contribution is -2.12. The molecular weight excluding hydrogens is 297 g/mol. The molecule has 3 rings (SSSR count). The lowest BCUT2D eigenvalue weighted by atomic mass is 10.1. The minimum atomic E-state index is -0.407. The van der Waals surface area contributed by atoms with Crippen LogP contribution in [0.15, 0.2) is 42.5 Å². The number of carbonyl (C=O) groups is 1. The Bertz CT molecular complexity index is 874. The van der Waals surface area contributed by atoms with Crippen LogP contribution in [0.25, 0.3) is 5.69 Å². The van der Waals surface area contributed by atoms with Crippen molar-refractivity contribution in [2.75, 3.05) is 5.32 Å². The van der Waals surface area contributed by atoms with Crippen LogP contribution in [0.1, 0.15) is 21.7 Å². The number of aryl methyl sites for hydroxylation is 2. The minimum Gasteiger partial charge on any atom is -0.322 e. The van der Waals surface area contributed by atoms with Crippen molar-refractivity contribution >= 4 is 11.6 Å². The van der Waals surface area contributed by atoms with Crippen LogP contribution in [0.5, 0.6) is 0 Å². The molecule has 7 heteroatoms. The maximum Gasteiger partial charge on any atom is 0.255 e. The first-order chi connectivity index (χ1) is 11.0. The van der Waals surface area contributed by atoms with Gasteiger partial charge in [-0.05, 0) is 60.2 Å². The summed E-state index contributed by atoms with van der Waals surface area (Å²) in [7, 11) is 0. The first-order valence-corrected chi connectivity index (χ1v) is 6.97. The molecule has 2 aromatic carbocycles. The summed E-state index contributed by atoms with van der Waals surface area (Å²) in [5, 5.41) is 14.0. The molecule has 0 atom stereocenters. The summed E-state index contributed by atoms with van der Waals surface area (Å²) in [5.74, 6) is -0.153. The molecule has 0 saturated carbocycles. The van der Waals surface area contributed by atoms with E-state index in [1.54, 1.807) is 48.9 Å². The zero-order valence-electron chi connectivity index (χ0n) is 12.6. The van der Waals surface area contributed by atoms with Crippen LogP contribution in [-0.2, 0) is 0 Å². The molecular formula is C16H14FN5O. The number of hydrogen-bond acceptors (Lipinski definition) is 4. The summed E-state index contributed by atoms with van der Waals surface area (Å²) in [6, 6.07) is 11.5. The number of carbonyl (C=O) groups excluding carboxylic acids is 1. The Hall–Kier alpha value is -3.09. The lowest BCUT2D eigenvalue weighted by molar-refractivity contribution is 0.102. The van der Waals surface area contributed by atoms with Gasteiger partial charge in [-0.15, -0.1) is 5.10 Å². The van der Waals surface area contributed by atoms with E-state index in [4.69, 9.17) is 0 Å². The fourth-order valence-corrected chi connectivity index (χ4v) is 2.12. The fraction of sp³-hybridized carbons (Fsp3) is 0.125. The molecule has 1 aromatic heterocycles. The van der Waals surface area contributed by atoms with Gasteiger partial charge in [0, 0.05) is 11.3 Å². The standard InChI is InChI=1S/C16H14FN5O/c1-10-6-7-12(8-15(10)17)16(23)18-13-4-3-5-14(9-13)22-11(2)19-20-21-22/h3-9H,1-2H3,(H,18,23). The molecule has 0 spiro atoms. The number of rotatable bonds is 3. The number of halogens is 1. The Morgan fingerprint density at radius 3 is 2.70 bits per heavy atom. The van der Waals surface area contributed by atoms with Crippen LogP contribution >= 0.6 is 0 Å². The maximum atomic E-state index is 13.6. The van der Waals surface area contributed by atoms with E-state index < -0.39 is 5.82 Å². The van der Waals surface area contributed by atoms with Crippen molar-refractivity contribution in [2.45, 2.75) is 13.8 Å². The minimum absolute atomic E-state index is 0.261. The lowest BCUT2D eigenvalue weighted by Gasteiger charge is -2.08. The number of aromatic nitrogens is 4. The Labute approximate surface area is 132 Å². The highest BCUT2D eigenvalue weighted by Crippen LogP contribution is 2.16. The molecule has 3 aromatic rings. The molecule has 0 aliphatic heterocycles. The van der Waals surface area contributed by atoms with E-state index in [1.807, 2.05) is 6.07 Å². The van der Waals surface area contributed by atoms with Gasteiger partial charge in [0.2, 0.25) is 0 Å². The highest BCUT2D eigenvalue weighted by atomic mass is 19.1. The number of nitrogens with zero attached hydrogens (tertiary/aromatic N) is 4. The van der Waals surface area contributed by atoms with Gasteiger partial charge in [0.1, 0.15) is 5.82 Å². The third-order valence-corrected chi connectivity index (χ3v) is 3.41. The molecule has 0 aliphatic rings. The number of hydrogen-bond donors (Lipinski definition) is 1. The monoisotopic (exact) mass is 311 g/mol. The third-order valence-electron chi connectivity index (χ3n) is 3.41. The summed E-state index contributed by atoms with van der Waals surface area (Å²) >= 11 is 0. The van der Waals surface area contributed by atoms with Crippen LogP contribution in [0.4, 0.5) is 10.1 Å². The number of tetrazole rings is 1. The molecule has 6 nitrogen and oxygen atoms in total. The van der Waals surface area contributed by atoms with Crippen LogP contribution in [0.3, 0.4) is 0 Å². The Balaban J connectivity index is 1.84. The smallest absolute Gasteiger partial charge is 0.255 e. The quantitative estimate of drug-likeness (QED) is 0.807. The fourth-order valence-electron chi connectivity index (χ4n) is 2.12. The van der Waals surface area contributed by atoms with Crippen molar-refractivity contribution in [3.8, 4) is 5.69 Å². The van der Waals surface area contributed by atoms with Crippen molar-refractivity contribution in [2.24, 2.45) is 0 Å². The SMILES string of the molecule is Cc1ccc(C(=O)Nc2cccc(-n3nnnc3C)c2)cc1F. The molecule has 116 valence electrons. The molecule has 1 amide bonds. The van der Waals surface area contributed by atoms with Gasteiger partial charge in [-0.25, -0.2) is 4.39 Å². The first kappa shape index (κ1) is 14.8. The summed E-state index contributed by atoms with van der Waals surface area (Å²) in [6.45, 7) is 3.43. The zero-order valence-corrected chi connectivity index (χ0v) is 12.6.